The van der Waals surface area contributed by atoms with Gasteiger partial charge in [-0.15, -0.1) is 24.8 Å². The smallest absolute Gasteiger partial charge is 0.0745 e. The van der Waals surface area contributed by atoms with Crippen molar-refractivity contribution in [3.8, 4) is 0 Å². The highest BCUT2D eigenvalue weighted by Gasteiger charge is 2.35. The molecule has 3 rings (SSSR count). The van der Waals surface area contributed by atoms with E-state index in [4.69, 9.17) is 10.6 Å². The van der Waals surface area contributed by atoms with Gasteiger partial charge in [-0.3, -0.25) is 11.3 Å². The number of hydrogen-bond acceptors (Lipinski definition) is 3. The van der Waals surface area contributed by atoms with E-state index in [1.807, 2.05) is 0 Å². The van der Waals surface area contributed by atoms with E-state index in [1.165, 1.54) is 25.7 Å². The van der Waals surface area contributed by atoms with Crippen LogP contribution in [0.2, 0.25) is 0 Å². The van der Waals surface area contributed by atoms with Gasteiger partial charge in [-0.05, 0) is 31.6 Å². The van der Waals surface area contributed by atoms with E-state index in [-0.39, 0.29) is 24.8 Å². The standard InChI is InChI=1S/C8H16N2O.2ClH/c9-10-5-8-6-1-3-7(11-8)4-2-6;;/h6-8,10H,1-5,9H2;2*1H. The zero-order chi connectivity index (χ0) is 7.68. The number of nitrogens with one attached hydrogen (secondary N) is 1. The second-order valence-electron chi connectivity index (χ2n) is 3.62. The van der Waals surface area contributed by atoms with Gasteiger partial charge in [-0.25, -0.2) is 0 Å². The van der Waals surface area contributed by atoms with E-state index in [0.29, 0.717) is 12.2 Å². The molecule has 3 nitrogen and oxygen atoms in total. The molecule has 80 valence electrons. The normalized spacial score (nSPS) is 36.2. The Labute approximate surface area is 91.6 Å². The molecular formula is C8H18Cl2N2O. The van der Waals surface area contributed by atoms with E-state index in [0.717, 1.165) is 12.5 Å². The molecule has 3 fully saturated rings. The molecule has 5 heteroatoms. The van der Waals surface area contributed by atoms with E-state index in [1.54, 1.807) is 0 Å². The summed E-state index contributed by atoms with van der Waals surface area (Å²) in [5.74, 6) is 6.04. The molecule has 3 aliphatic rings. The van der Waals surface area contributed by atoms with Gasteiger partial charge < -0.3 is 4.74 Å². The number of ether oxygens (including phenoxy) is 1. The molecule has 13 heavy (non-hydrogen) atoms. The topological polar surface area (TPSA) is 47.3 Å². The molecule has 1 atom stereocenters. The Morgan fingerprint density at radius 3 is 2.15 bits per heavy atom. The molecule has 0 aromatic rings. The molecule has 0 radical (unpaired) electrons. The van der Waals surface area contributed by atoms with Gasteiger partial charge in [-0.2, -0.15) is 0 Å². The third-order valence-corrected chi connectivity index (χ3v) is 2.93. The fraction of sp³-hybridized carbons (Fsp3) is 1.00. The number of nitrogens with two attached hydrogens (primary N) is 1. The summed E-state index contributed by atoms with van der Waals surface area (Å²) in [4.78, 5) is 0. The minimum absolute atomic E-state index is 0. The lowest BCUT2D eigenvalue weighted by atomic mass is 9.80. The zero-order valence-corrected chi connectivity index (χ0v) is 9.20. The molecule has 2 aliphatic heterocycles. The van der Waals surface area contributed by atoms with Crippen LogP contribution in [0.5, 0.6) is 0 Å². The molecule has 2 saturated heterocycles. The highest BCUT2D eigenvalue weighted by atomic mass is 35.5. The van der Waals surface area contributed by atoms with Gasteiger partial charge in [0.15, 0.2) is 0 Å². The molecule has 1 aliphatic carbocycles. The number of rotatable bonds is 2. The van der Waals surface area contributed by atoms with E-state index < -0.39 is 0 Å². The minimum Gasteiger partial charge on any atom is -0.373 e. The van der Waals surface area contributed by atoms with Crippen LogP contribution >= 0.6 is 24.8 Å². The van der Waals surface area contributed by atoms with E-state index in [2.05, 4.69) is 5.43 Å². The molecule has 1 saturated carbocycles. The summed E-state index contributed by atoms with van der Waals surface area (Å²) < 4.78 is 5.78. The molecule has 0 aromatic heterocycles. The fourth-order valence-electron chi connectivity index (χ4n) is 2.29. The third-order valence-electron chi connectivity index (χ3n) is 2.93. The van der Waals surface area contributed by atoms with E-state index in [9.17, 15) is 0 Å². The minimum atomic E-state index is 0. The Morgan fingerprint density at radius 1 is 1.15 bits per heavy atom. The molecular weight excluding hydrogens is 211 g/mol. The molecule has 0 amide bonds. The van der Waals surface area contributed by atoms with Crippen molar-refractivity contribution in [3.05, 3.63) is 0 Å². The van der Waals surface area contributed by atoms with Gasteiger partial charge >= 0.3 is 0 Å². The highest BCUT2D eigenvalue weighted by Crippen LogP contribution is 2.36. The van der Waals surface area contributed by atoms with Crippen LogP contribution in [0.15, 0.2) is 0 Å². The predicted molar refractivity (Wildman–Crippen MR) is 57.3 cm³/mol. The lowest BCUT2D eigenvalue weighted by molar-refractivity contribution is -0.122. The van der Waals surface area contributed by atoms with Crippen molar-refractivity contribution in [1.82, 2.24) is 5.43 Å². The maximum absolute atomic E-state index is 5.78. The van der Waals surface area contributed by atoms with Crippen molar-refractivity contribution in [1.29, 1.82) is 0 Å². The Balaban J connectivity index is 0.000000720. The molecule has 0 spiro atoms. The van der Waals surface area contributed by atoms with E-state index >= 15 is 0 Å². The number of fused-ring (bicyclic) bond motifs is 3. The SMILES string of the molecule is Cl.Cl.NNCC1OC2CCC1CC2. The Morgan fingerprint density at radius 2 is 1.77 bits per heavy atom. The summed E-state index contributed by atoms with van der Waals surface area (Å²) in [6, 6.07) is 0. The van der Waals surface area contributed by atoms with Crippen LogP contribution in [0.25, 0.3) is 0 Å². The fourth-order valence-corrected chi connectivity index (χ4v) is 2.29. The van der Waals surface area contributed by atoms with Gasteiger partial charge in [0, 0.05) is 6.54 Å². The van der Waals surface area contributed by atoms with Crippen LogP contribution in [0.1, 0.15) is 25.7 Å². The summed E-state index contributed by atoms with van der Waals surface area (Å²) in [5, 5.41) is 0. The predicted octanol–water partition coefficient (Wildman–Crippen LogP) is 1.25. The van der Waals surface area contributed by atoms with Crippen LogP contribution in [-0.2, 0) is 4.74 Å². The van der Waals surface area contributed by atoms with Crippen molar-refractivity contribution in [2.45, 2.75) is 37.9 Å². The van der Waals surface area contributed by atoms with Crippen LogP contribution in [-0.4, -0.2) is 18.8 Å². The number of halogens is 2. The quantitative estimate of drug-likeness (QED) is 0.553. The second kappa shape index (κ2) is 6.04. The van der Waals surface area contributed by atoms with Crippen molar-refractivity contribution in [2.75, 3.05) is 6.54 Å². The van der Waals surface area contributed by atoms with Crippen molar-refractivity contribution in [3.63, 3.8) is 0 Å². The van der Waals surface area contributed by atoms with Gasteiger partial charge in [0.1, 0.15) is 0 Å². The molecule has 0 aromatic carbocycles. The maximum Gasteiger partial charge on any atom is 0.0745 e. The summed E-state index contributed by atoms with van der Waals surface area (Å²) in [5.41, 5.74) is 2.70. The average molecular weight is 229 g/mol. The summed E-state index contributed by atoms with van der Waals surface area (Å²) in [7, 11) is 0. The van der Waals surface area contributed by atoms with Crippen LogP contribution in [0.4, 0.5) is 0 Å². The molecule has 1 unspecified atom stereocenters. The maximum atomic E-state index is 5.78. The van der Waals surface area contributed by atoms with Crippen LogP contribution in [0.3, 0.4) is 0 Å². The monoisotopic (exact) mass is 228 g/mol. The molecule has 2 bridgehead atoms. The first-order valence-corrected chi connectivity index (χ1v) is 4.49. The number of hydrogen-bond donors (Lipinski definition) is 2. The van der Waals surface area contributed by atoms with Crippen molar-refractivity contribution < 1.29 is 4.74 Å². The van der Waals surface area contributed by atoms with Gasteiger partial charge in [0.25, 0.3) is 0 Å². The summed E-state index contributed by atoms with van der Waals surface area (Å²) >= 11 is 0. The first-order chi connectivity index (χ1) is 5.40. The first kappa shape index (κ1) is 13.5. The van der Waals surface area contributed by atoms with Gasteiger partial charge in [0.2, 0.25) is 0 Å². The van der Waals surface area contributed by atoms with Crippen molar-refractivity contribution in [2.24, 2.45) is 11.8 Å². The zero-order valence-electron chi connectivity index (χ0n) is 7.57. The number of hydrazine groups is 1. The lowest BCUT2D eigenvalue weighted by Gasteiger charge is -2.42. The summed E-state index contributed by atoms with van der Waals surface area (Å²) in [6.45, 7) is 0.821. The molecule has 2 heterocycles. The summed E-state index contributed by atoms with van der Waals surface area (Å²) in [6.07, 6.45) is 6.16. The largest absolute Gasteiger partial charge is 0.373 e. The third kappa shape index (κ3) is 2.96. The van der Waals surface area contributed by atoms with Crippen LogP contribution < -0.4 is 11.3 Å². The first-order valence-electron chi connectivity index (χ1n) is 4.49. The highest BCUT2D eigenvalue weighted by molar-refractivity contribution is 5.85. The lowest BCUT2D eigenvalue weighted by Crippen LogP contribution is -2.47. The Kier molecular flexibility index (Phi) is 6.25. The van der Waals surface area contributed by atoms with Gasteiger partial charge in [0.05, 0.1) is 12.2 Å². The van der Waals surface area contributed by atoms with Crippen molar-refractivity contribution >= 4 is 24.8 Å². The Hall–Kier alpha value is 0.460. The Bertz CT molecular complexity index is 140. The molecule has 3 N–H and O–H groups in total. The second-order valence-corrected chi connectivity index (χ2v) is 3.62. The average Bonchev–Trinajstić information content (AvgIpc) is 2.07. The van der Waals surface area contributed by atoms with Gasteiger partial charge in [-0.1, -0.05) is 0 Å². The van der Waals surface area contributed by atoms with Crippen LogP contribution in [0, 0.1) is 5.92 Å².